The topological polar surface area (TPSA) is 77.7 Å². The summed E-state index contributed by atoms with van der Waals surface area (Å²) in [6.45, 7) is 0. The highest BCUT2D eigenvalue weighted by Gasteiger charge is 2.30. The molecule has 0 saturated heterocycles. The molecule has 0 N–H and O–H groups in total. The molecule has 0 radical (unpaired) electrons. The summed E-state index contributed by atoms with van der Waals surface area (Å²) in [6.07, 6.45) is -4.46. The Hall–Kier alpha value is -2.10. The number of carbonyl (C=O) groups is 1. The molecular weight excluding hydrogens is 309 g/mol. The highest BCUT2D eigenvalue weighted by molar-refractivity contribution is 7.85. The van der Waals surface area contributed by atoms with Crippen LogP contribution in [0.25, 0.3) is 0 Å². The van der Waals surface area contributed by atoms with Gasteiger partial charge in [-0.3, -0.25) is 9.00 Å². The lowest BCUT2D eigenvalue weighted by Gasteiger charge is -2.07. The average molecular weight is 318 g/mol. The minimum absolute atomic E-state index is 0.0234. The van der Waals surface area contributed by atoms with E-state index in [2.05, 4.69) is 15.5 Å². The summed E-state index contributed by atoms with van der Waals surface area (Å²) in [7, 11) is -0.294. The molecule has 0 amide bonds. The predicted molar refractivity (Wildman–Crippen MR) is 65.8 cm³/mol. The molecule has 10 heteroatoms. The van der Waals surface area contributed by atoms with Crippen molar-refractivity contribution in [1.82, 2.24) is 20.2 Å². The molecule has 2 rings (SSSR count). The molecule has 1 atom stereocenters. The summed E-state index contributed by atoms with van der Waals surface area (Å²) in [6, 6.07) is 3.72. The third kappa shape index (κ3) is 3.51. The second-order valence-corrected chi connectivity index (χ2v) is 5.42. The summed E-state index contributed by atoms with van der Waals surface area (Å²) in [5.74, 6) is -0.954. The standard InChI is InChI=1S/C11H9F3N4O2S/c1-18-10(15-16-17-18)21(20)6-9(19)7-2-4-8(5-3-7)11(12,13)14/h2-5H,6H2,1H3. The second kappa shape index (κ2) is 5.72. The number of tetrazole rings is 1. The lowest BCUT2D eigenvalue weighted by Crippen LogP contribution is -2.14. The average Bonchev–Trinajstić information content (AvgIpc) is 2.84. The molecule has 21 heavy (non-hydrogen) atoms. The van der Waals surface area contributed by atoms with Crippen LogP contribution >= 0.6 is 0 Å². The maximum Gasteiger partial charge on any atom is 0.416 e. The smallest absolute Gasteiger partial charge is 0.293 e. The largest absolute Gasteiger partial charge is 0.416 e. The van der Waals surface area contributed by atoms with E-state index in [9.17, 15) is 22.2 Å². The van der Waals surface area contributed by atoms with E-state index in [-0.39, 0.29) is 10.7 Å². The van der Waals surface area contributed by atoms with Gasteiger partial charge < -0.3 is 0 Å². The number of aryl methyl sites for hydroxylation is 1. The molecular formula is C11H9F3N4O2S. The van der Waals surface area contributed by atoms with E-state index in [1.807, 2.05) is 0 Å². The molecule has 0 spiro atoms. The first-order valence-electron chi connectivity index (χ1n) is 5.60. The van der Waals surface area contributed by atoms with Gasteiger partial charge in [-0.15, -0.1) is 0 Å². The van der Waals surface area contributed by atoms with Crippen molar-refractivity contribution in [3.63, 3.8) is 0 Å². The zero-order valence-corrected chi connectivity index (χ0v) is 11.5. The van der Waals surface area contributed by atoms with Crippen molar-refractivity contribution < 1.29 is 22.2 Å². The van der Waals surface area contributed by atoms with Crippen LogP contribution in [0.5, 0.6) is 0 Å². The molecule has 1 aromatic carbocycles. The summed E-state index contributed by atoms with van der Waals surface area (Å²) in [5.41, 5.74) is -0.802. The Morgan fingerprint density at radius 2 is 1.90 bits per heavy atom. The Labute approximate surface area is 119 Å². The van der Waals surface area contributed by atoms with Gasteiger partial charge in [0.15, 0.2) is 5.78 Å². The fraction of sp³-hybridized carbons (Fsp3) is 0.273. The number of rotatable bonds is 4. The Morgan fingerprint density at radius 3 is 2.38 bits per heavy atom. The maximum absolute atomic E-state index is 12.4. The lowest BCUT2D eigenvalue weighted by atomic mass is 10.1. The van der Waals surface area contributed by atoms with Crippen molar-refractivity contribution in [1.29, 1.82) is 0 Å². The molecule has 0 saturated carbocycles. The predicted octanol–water partition coefficient (Wildman–Crippen LogP) is 1.22. The monoisotopic (exact) mass is 318 g/mol. The van der Waals surface area contributed by atoms with Gasteiger partial charge in [-0.25, -0.2) is 4.68 Å². The van der Waals surface area contributed by atoms with Crippen molar-refractivity contribution in [2.45, 2.75) is 11.3 Å². The minimum atomic E-state index is -4.46. The van der Waals surface area contributed by atoms with E-state index in [0.29, 0.717) is 0 Å². The number of ketones is 1. The Balaban J connectivity index is 2.11. The molecule has 0 fully saturated rings. The fourth-order valence-electron chi connectivity index (χ4n) is 1.53. The number of aromatic nitrogens is 4. The second-order valence-electron chi connectivity index (χ2n) is 4.07. The summed E-state index contributed by atoms with van der Waals surface area (Å²) >= 11 is 0. The molecule has 112 valence electrons. The number of alkyl halides is 3. The van der Waals surface area contributed by atoms with E-state index >= 15 is 0 Å². The molecule has 1 heterocycles. The molecule has 0 aliphatic carbocycles. The molecule has 0 bridgehead atoms. The molecule has 1 aromatic heterocycles. The van der Waals surface area contributed by atoms with Crippen LogP contribution in [0.2, 0.25) is 0 Å². The highest BCUT2D eigenvalue weighted by Crippen LogP contribution is 2.29. The fourth-order valence-corrected chi connectivity index (χ4v) is 2.52. The van der Waals surface area contributed by atoms with Crippen LogP contribution in [0, 0.1) is 0 Å². The number of hydrogen-bond acceptors (Lipinski definition) is 5. The van der Waals surface area contributed by atoms with Crippen LogP contribution < -0.4 is 0 Å². The van der Waals surface area contributed by atoms with Gasteiger partial charge in [0.1, 0.15) is 10.8 Å². The quantitative estimate of drug-likeness (QED) is 0.792. The number of Topliss-reactive ketones (excluding diaryl/α,β-unsaturated/α-hetero) is 1. The number of halogens is 3. The van der Waals surface area contributed by atoms with Crippen molar-refractivity contribution in [2.24, 2.45) is 7.05 Å². The summed E-state index contributed by atoms with van der Waals surface area (Å²) in [5, 5.41) is 10.3. The van der Waals surface area contributed by atoms with Gasteiger partial charge in [0.2, 0.25) is 5.16 Å². The van der Waals surface area contributed by atoms with Gasteiger partial charge in [0, 0.05) is 12.6 Å². The number of carbonyl (C=O) groups excluding carboxylic acids is 1. The van der Waals surface area contributed by atoms with E-state index < -0.39 is 34.1 Å². The first-order chi connectivity index (χ1) is 9.79. The molecule has 2 aromatic rings. The Kier molecular flexibility index (Phi) is 4.16. The van der Waals surface area contributed by atoms with E-state index in [4.69, 9.17) is 0 Å². The van der Waals surface area contributed by atoms with Crippen LogP contribution in [-0.2, 0) is 24.0 Å². The highest BCUT2D eigenvalue weighted by atomic mass is 32.2. The van der Waals surface area contributed by atoms with E-state index in [1.165, 1.54) is 7.05 Å². The maximum atomic E-state index is 12.4. The third-order valence-electron chi connectivity index (χ3n) is 2.58. The number of nitrogens with zero attached hydrogens (tertiary/aromatic N) is 4. The van der Waals surface area contributed by atoms with Gasteiger partial charge in [-0.1, -0.05) is 17.2 Å². The zero-order chi connectivity index (χ0) is 15.6. The van der Waals surface area contributed by atoms with Crippen molar-refractivity contribution in [3.05, 3.63) is 35.4 Å². The van der Waals surface area contributed by atoms with Crippen LogP contribution in [-0.4, -0.2) is 36.0 Å². The normalized spacial score (nSPS) is 13.1. The van der Waals surface area contributed by atoms with E-state index in [1.54, 1.807) is 0 Å². The minimum Gasteiger partial charge on any atom is -0.293 e. The summed E-state index contributed by atoms with van der Waals surface area (Å²) < 4.78 is 50.3. The zero-order valence-electron chi connectivity index (χ0n) is 10.7. The van der Waals surface area contributed by atoms with Crippen molar-refractivity contribution in [3.8, 4) is 0 Å². The number of benzene rings is 1. The SMILES string of the molecule is Cn1nnnc1S(=O)CC(=O)c1ccc(C(F)(F)F)cc1. The third-order valence-corrected chi connectivity index (χ3v) is 3.86. The van der Waals surface area contributed by atoms with Gasteiger partial charge >= 0.3 is 6.18 Å². The molecule has 0 aliphatic heterocycles. The van der Waals surface area contributed by atoms with Crippen LogP contribution in [0.15, 0.2) is 29.4 Å². The molecule has 6 nitrogen and oxygen atoms in total. The Morgan fingerprint density at radius 1 is 1.29 bits per heavy atom. The van der Waals surface area contributed by atoms with Crippen LogP contribution in [0.3, 0.4) is 0 Å². The van der Waals surface area contributed by atoms with Gasteiger partial charge in [-0.2, -0.15) is 13.2 Å². The molecule has 1 unspecified atom stereocenters. The number of hydrogen-bond donors (Lipinski definition) is 0. The van der Waals surface area contributed by atoms with Crippen molar-refractivity contribution >= 4 is 16.6 Å². The van der Waals surface area contributed by atoms with Gasteiger partial charge in [0.05, 0.1) is 11.3 Å². The van der Waals surface area contributed by atoms with Gasteiger partial charge in [0.25, 0.3) is 0 Å². The Bertz CT molecular complexity index is 682. The molecule has 0 aliphatic rings. The van der Waals surface area contributed by atoms with Crippen LogP contribution in [0.1, 0.15) is 15.9 Å². The first kappa shape index (κ1) is 15.3. The van der Waals surface area contributed by atoms with E-state index in [0.717, 1.165) is 28.9 Å². The van der Waals surface area contributed by atoms with Crippen LogP contribution in [0.4, 0.5) is 13.2 Å². The van der Waals surface area contributed by atoms with Gasteiger partial charge in [-0.05, 0) is 22.6 Å². The lowest BCUT2D eigenvalue weighted by molar-refractivity contribution is -0.137. The summed E-state index contributed by atoms with van der Waals surface area (Å²) in [4.78, 5) is 11.9. The first-order valence-corrected chi connectivity index (χ1v) is 6.92. The van der Waals surface area contributed by atoms with Crippen molar-refractivity contribution in [2.75, 3.05) is 5.75 Å².